The van der Waals surface area contributed by atoms with E-state index in [9.17, 15) is 4.39 Å². The highest BCUT2D eigenvalue weighted by Crippen LogP contribution is 2.23. The van der Waals surface area contributed by atoms with Gasteiger partial charge in [-0.15, -0.1) is 0 Å². The molecule has 0 saturated heterocycles. The minimum absolute atomic E-state index is 0.152. The van der Waals surface area contributed by atoms with Gasteiger partial charge in [-0.2, -0.15) is 0 Å². The molecule has 1 atom stereocenters. The summed E-state index contributed by atoms with van der Waals surface area (Å²) in [5, 5.41) is 0. The molecule has 106 valence electrons. The van der Waals surface area contributed by atoms with Crippen LogP contribution in [0.1, 0.15) is 29.7 Å². The number of aryl methyl sites for hydroxylation is 1. The number of nitrogens with zero attached hydrogens (tertiary/aromatic N) is 1. The number of rotatable bonds is 4. The van der Waals surface area contributed by atoms with E-state index in [1.807, 2.05) is 31.0 Å². The molecule has 20 heavy (non-hydrogen) atoms. The quantitative estimate of drug-likeness (QED) is 0.917. The van der Waals surface area contributed by atoms with Crippen molar-refractivity contribution in [3.63, 3.8) is 0 Å². The SMILES string of the molecule is Cc1cccc(CN(C)c2ccc(C(C)N)cc2F)c1. The summed E-state index contributed by atoms with van der Waals surface area (Å²) in [6.45, 7) is 4.59. The Kier molecular flexibility index (Phi) is 4.40. The first-order valence-electron chi connectivity index (χ1n) is 6.79. The third-order valence-electron chi connectivity index (χ3n) is 3.41. The largest absolute Gasteiger partial charge is 0.368 e. The molecule has 0 fully saturated rings. The summed E-state index contributed by atoms with van der Waals surface area (Å²) in [5.41, 5.74) is 9.56. The topological polar surface area (TPSA) is 29.3 Å². The second kappa shape index (κ2) is 6.06. The summed E-state index contributed by atoms with van der Waals surface area (Å²) in [4.78, 5) is 1.91. The molecule has 0 aliphatic carbocycles. The van der Waals surface area contributed by atoms with E-state index in [1.165, 1.54) is 17.2 Å². The number of anilines is 1. The molecule has 3 heteroatoms. The minimum Gasteiger partial charge on any atom is -0.368 e. The fraction of sp³-hybridized carbons (Fsp3) is 0.294. The van der Waals surface area contributed by atoms with Crippen LogP contribution in [0.4, 0.5) is 10.1 Å². The molecule has 0 aromatic heterocycles. The summed E-state index contributed by atoms with van der Waals surface area (Å²) in [6, 6.07) is 13.3. The summed E-state index contributed by atoms with van der Waals surface area (Å²) in [5.74, 6) is -0.227. The maximum atomic E-state index is 14.1. The molecule has 0 heterocycles. The van der Waals surface area contributed by atoms with Gasteiger partial charge >= 0.3 is 0 Å². The molecule has 0 amide bonds. The van der Waals surface area contributed by atoms with Crippen molar-refractivity contribution in [2.75, 3.05) is 11.9 Å². The van der Waals surface area contributed by atoms with Gasteiger partial charge in [-0.1, -0.05) is 35.9 Å². The van der Waals surface area contributed by atoms with Crippen LogP contribution < -0.4 is 10.6 Å². The van der Waals surface area contributed by atoms with E-state index in [4.69, 9.17) is 5.73 Å². The Bertz CT molecular complexity index is 593. The molecule has 0 aliphatic rings. The first kappa shape index (κ1) is 14.5. The third-order valence-corrected chi connectivity index (χ3v) is 3.41. The van der Waals surface area contributed by atoms with Crippen LogP contribution in [0.5, 0.6) is 0 Å². The van der Waals surface area contributed by atoms with Gasteiger partial charge in [0.15, 0.2) is 0 Å². The first-order chi connectivity index (χ1) is 9.47. The number of nitrogens with two attached hydrogens (primary N) is 1. The normalized spacial score (nSPS) is 12.2. The average Bonchev–Trinajstić information content (AvgIpc) is 2.38. The van der Waals surface area contributed by atoms with Gasteiger partial charge in [0.1, 0.15) is 5.82 Å². The van der Waals surface area contributed by atoms with E-state index < -0.39 is 0 Å². The molecule has 1 unspecified atom stereocenters. The van der Waals surface area contributed by atoms with Crippen LogP contribution in [-0.2, 0) is 6.54 Å². The van der Waals surface area contributed by atoms with E-state index in [0.29, 0.717) is 12.2 Å². The van der Waals surface area contributed by atoms with Gasteiger partial charge in [0, 0.05) is 19.6 Å². The van der Waals surface area contributed by atoms with E-state index >= 15 is 0 Å². The molecule has 0 spiro atoms. The van der Waals surface area contributed by atoms with Crippen LogP contribution in [0.25, 0.3) is 0 Å². The number of hydrogen-bond acceptors (Lipinski definition) is 2. The molecule has 2 aromatic carbocycles. The summed E-state index contributed by atoms with van der Waals surface area (Å²) >= 11 is 0. The van der Waals surface area contributed by atoms with Gasteiger partial charge in [-0.05, 0) is 37.1 Å². The monoisotopic (exact) mass is 272 g/mol. The van der Waals surface area contributed by atoms with Crippen LogP contribution >= 0.6 is 0 Å². The molecule has 0 radical (unpaired) electrons. The Morgan fingerprint density at radius 3 is 2.55 bits per heavy atom. The van der Waals surface area contributed by atoms with Crippen molar-refractivity contribution in [1.82, 2.24) is 0 Å². The van der Waals surface area contributed by atoms with E-state index in [0.717, 1.165) is 5.56 Å². The zero-order valence-electron chi connectivity index (χ0n) is 12.2. The lowest BCUT2D eigenvalue weighted by atomic mass is 10.1. The average molecular weight is 272 g/mol. The van der Waals surface area contributed by atoms with Gasteiger partial charge in [0.2, 0.25) is 0 Å². The lowest BCUT2D eigenvalue weighted by Gasteiger charge is -2.21. The van der Waals surface area contributed by atoms with Crippen molar-refractivity contribution in [1.29, 1.82) is 0 Å². The second-order valence-corrected chi connectivity index (χ2v) is 5.34. The molecule has 2 nitrogen and oxygen atoms in total. The second-order valence-electron chi connectivity index (χ2n) is 5.34. The fourth-order valence-electron chi connectivity index (χ4n) is 2.29. The van der Waals surface area contributed by atoms with Crippen LogP contribution in [-0.4, -0.2) is 7.05 Å². The Labute approximate surface area is 120 Å². The number of hydrogen-bond donors (Lipinski definition) is 1. The van der Waals surface area contributed by atoms with Gasteiger partial charge in [-0.3, -0.25) is 0 Å². The molecule has 0 bridgehead atoms. The minimum atomic E-state index is -0.227. The predicted molar refractivity (Wildman–Crippen MR) is 82.3 cm³/mol. The van der Waals surface area contributed by atoms with Crippen molar-refractivity contribution >= 4 is 5.69 Å². The molecule has 0 aliphatic heterocycles. The molecular weight excluding hydrogens is 251 g/mol. The van der Waals surface area contributed by atoms with Crippen molar-refractivity contribution < 1.29 is 4.39 Å². The van der Waals surface area contributed by atoms with Crippen molar-refractivity contribution in [2.45, 2.75) is 26.4 Å². The molecular formula is C17H21FN2. The highest BCUT2D eigenvalue weighted by Gasteiger charge is 2.10. The lowest BCUT2D eigenvalue weighted by Crippen LogP contribution is -2.18. The fourth-order valence-corrected chi connectivity index (χ4v) is 2.29. The zero-order valence-corrected chi connectivity index (χ0v) is 12.2. The highest BCUT2D eigenvalue weighted by atomic mass is 19.1. The first-order valence-corrected chi connectivity index (χ1v) is 6.79. The maximum absolute atomic E-state index is 14.1. The van der Waals surface area contributed by atoms with Crippen LogP contribution in [0.2, 0.25) is 0 Å². The number of halogens is 1. The standard InChI is InChI=1S/C17H21FN2/c1-12-5-4-6-14(9-12)11-20(3)17-8-7-15(13(2)19)10-16(17)18/h4-10,13H,11,19H2,1-3H3. The smallest absolute Gasteiger partial charge is 0.146 e. The Morgan fingerprint density at radius 1 is 1.20 bits per heavy atom. The Hall–Kier alpha value is -1.87. The summed E-state index contributed by atoms with van der Waals surface area (Å²) in [7, 11) is 1.90. The van der Waals surface area contributed by atoms with E-state index in [2.05, 4.69) is 25.1 Å². The molecule has 2 N–H and O–H groups in total. The van der Waals surface area contributed by atoms with Crippen molar-refractivity contribution in [2.24, 2.45) is 5.73 Å². The predicted octanol–water partition coefficient (Wildman–Crippen LogP) is 3.79. The van der Waals surface area contributed by atoms with Crippen molar-refractivity contribution in [3.05, 3.63) is 65.0 Å². The van der Waals surface area contributed by atoms with Gasteiger partial charge < -0.3 is 10.6 Å². The third kappa shape index (κ3) is 3.36. The van der Waals surface area contributed by atoms with Crippen LogP contribution in [0, 0.1) is 12.7 Å². The van der Waals surface area contributed by atoms with Gasteiger partial charge in [0.05, 0.1) is 5.69 Å². The maximum Gasteiger partial charge on any atom is 0.146 e. The molecule has 2 rings (SSSR count). The van der Waals surface area contributed by atoms with Crippen molar-refractivity contribution in [3.8, 4) is 0 Å². The van der Waals surface area contributed by atoms with Gasteiger partial charge in [-0.25, -0.2) is 4.39 Å². The highest BCUT2D eigenvalue weighted by molar-refractivity contribution is 5.49. The Balaban J connectivity index is 2.19. The zero-order chi connectivity index (χ0) is 14.7. The molecule has 2 aromatic rings. The summed E-state index contributed by atoms with van der Waals surface area (Å²) < 4.78 is 14.1. The van der Waals surface area contributed by atoms with Gasteiger partial charge in [0.25, 0.3) is 0 Å². The summed E-state index contributed by atoms with van der Waals surface area (Å²) in [6.07, 6.45) is 0. The number of benzene rings is 2. The van der Waals surface area contributed by atoms with Crippen LogP contribution in [0.15, 0.2) is 42.5 Å². The van der Waals surface area contributed by atoms with E-state index in [1.54, 1.807) is 6.07 Å². The van der Waals surface area contributed by atoms with E-state index in [-0.39, 0.29) is 11.9 Å². The van der Waals surface area contributed by atoms with Crippen LogP contribution in [0.3, 0.4) is 0 Å². The Morgan fingerprint density at radius 2 is 1.95 bits per heavy atom. The molecule has 0 saturated carbocycles. The lowest BCUT2D eigenvalue weighted by molar-refractivity contribution is 0.617.